The van der Waals surface area contributed by atoms with Gasteiger partial charge in [0.15, 0.2) is 0 Å². The van der Waals surface area contributed by atoms with E-state index in [4.69, 9.17) is 0 Å². The van der Waals surface area contributed by atoms with Crippen molar-refractivity contribution in [3.63, 3.8) is 0 Å². The zero-order chi connectivity index (χ0) is 6.10. The second-order valence-corrected chi connectivity index (χ2v) is 7.06. The second kappa shape index (κ2) is 3.03. The molecule has 4 heteroatoms. The highest BCUT2D eigenvalue weighted by molar-refractivity contribution is 8.35. The summed E-state index contributed by atoms with van der Waals surface area (Å²) in [5.74, 6) is 0. The third kappa shape index (κ3) is 1.42. The average Bonchev–Trinajstić information content (AvgIpc) is 2.11. The molecule has 2 rings (SSSR count). The molecule has 0 nitrogen and oxygen atoms in total. The Morgan fingerprint density at radius 1 is 1.00 bits per heavy atom. The summed E-state index contributed by atoms with van der Waals surface area (Å²) in [6.45, 7) is 0. The van der Waals surface area contributed by atoms with Gasteiger partial charge in [-0.05, 0) is 10.8 Å². The van der Waals surface area contributed by atoms with Crippen LogP contribution in [0.15, 0.2) is 10.8 Å². The smallest absolute Gasteiger partial charge is 0.0795 e. The van der Waals surface area contributed by atoms with Crippen LogP contribution in [-0.4, -0.2) is 14.2 Å². The van der Waals surface area contributed by atoms with E-state index in [2.05, 4.69) is 34.3 Å². The minimum absolute atomic E-state index is 0.814. The van der Waals surface area contributed by atoms with Crippen molar-refractivity contribution in [2.75, 3.05) is 5.08 Å². The quantitative estimate of drug-likeness (QED) is 0.629. The number of rotatable bonds is 1. The molecule has 0 spiro atoms. The predicted octanol–water partition coefficient (Wildman–Crippen LogP) is 3.03. The van der Waals surface area contributed by atoms with E-state index in [0.717, 1.165) is 9.16 Å². The Labute approximate surface area is 72.0 Å². The molecule has 0 N–H and O–H groups in total. The first-order valence-corrected chi connectivity index (χ1v) is 6.64. The van der Waals surface area contributed by atoms with Crippen LogP contribution in [0.25, 0.3) is 0 Å². The number of thioether (sulfide) groups is 4. The molecule has 0 aromatic rings. The van der Waals surface area contributed by atoms with E-state index < -0.39 is 0 Å². The molecule has 50 valence electrons. The molecule has 1 saturated heterocycles. The Balaban J connectivity index is 1.85. The Morgan fingerprint density at radius 3 is 2.11 bits per heavy atom. The van der Waals surface area contributed by atoms with Crippen LogP contribution in [0.3, 0.4) is 0 Å². The fourth-order valence-electron chi connectivity index (χ4n) is 0.683. The third-order valence-corrected chi connectivity index (χ3v) is 7.47. The summed E-state index contributed by atoms with van der Waals surface area (Å²) < 4.78 is 1.68. The Bertz CT molecular complexity index is 121. The Morgan fingerprint density at radius 2 is 1.67 bits per heavy atom. The van der Waals surface area contributed by atoms with Crippen molar-refractivity contribution in [3.8, 4) is 0 Å². The van der Waals surface area contributed by atoms with E-state index in [0.29, 0.717) is 0 Å². The molecule has 1 fully saturated rings. The van der Waals surface area contributed by atoms with Crippen LogP contribution in [0.4, 0.5) is 0 Å². The highest BCUT2D eigenvalue weighted by Gasteiger charge is 2.30. The fourth-order valence-corrected chi connectivity index (χ4v) is 5.60. The highest BCUT2D eigenvalue weighted by atomic mass is 32.3. The van der Waals surface area contributed by atoms with Gasteiger partial charge in [0, 0.05) is 5.08 Å². The summed E-state index contributed by atoms with van der Waals surface area (Å²) in [6.07, 6.45) is 0. The van der Waals surface area contributed by atoms with Gasteiger partial charge in [0.1, 0.15) is 0 Å². The molecule has 0 amide bonds. The first-order valence-electron chi connectivity index (χ1n) is 2.66. The van der Waals surface area contributed by atoms with Gasteiger partial charge in [-0.25, -0.2) is 0 Å². The predicted molar refractivity (Wildman–Crippen MR) is 51.9 cm³/mol. The Hall–Kier alpha value is 1.14. The SMILES string of the molecule is C1=CSC(C2SCS2)S1. The molecule has 2 aliphatic rings. The summed E-state index contributed by atoms with van der Waals surface area (Å²) >= 11 is 8.10. The lowest BCUT2D eigenvalue weighted by molar-refractivity contribution is 1.35. The normalized spacial score (nSPS) is 28.9. The zero-order valence-electron chi connectivity index (χ0n) is 4.65. The van der Waals surface area contributed by atoms with Crippen molar-refractivity contribution in [1.29, 1.82) is 0 Å². The molecular weight excluding hydrogens is 188 g/mol. The van der Waals surface area contributed by atoms with Crippen LogP contribution in [0.2, 0.25) is 0 Å². The van der Waals surface area contributed by atoms with Gasteiger partial charge in [-0.2, -0.15) is 0 Å². The van der Waals surface area contributed by atoms with Gasteiger partial charge in [0.2, 0.25) is 0 Å². The van der Waals surface area contributed by atoms with Gasteiger partial charge >= 0.3 is 0 Å². The van der Waals surface area contributed by atoms with Crippen molar-refractivity contribution in [2.24, 2.45) is 0 Å². The summed E-state index contributed by atoms with van der Waals surface area (Å²) in [4.78, 5) is 0. The zero-order valence-corrected chi connectivity index (χ0v) is 7.92. The standard InChI is InChI=1S/C5H6S4/c1-2-7-4(6-1)5-8-3-9-5/h1-2,4-5H,3H2. The third-order valence-electron chi connectivity index (χ3n) is 1.17. The summed E-state index contributed by atoms with van der Waals surface area (Å²) in [6, 6.07) is 0. The molecule has 0 saturated carbocycles. The van der Waals surface area contributed by atoms with E-state index in [1.165, 1.54) is 5.08 Å². The topological polar surface area (TPSA) is 0 Å². The molecule has 0 bridgehead atoms. The minimum atomic E-state index is 0.814. The molecule has 2 heterocycles. The van der Waals surface area contributed by atoms with Gasteiger partial charge in [0.05, 0.1) is 9.16 Å². The number of hydrogen-bond acceptors (Lipinski definition) is 4. The maximum atomic E-state index is 2.20. The first kappa shape index (κ1) is 6.83. The second-order valence-electron chi connectivity index (χ2n) is 1.73. The van der Waals surface area contributed by atoms with Crippen LogP contribution in [-0.2, 0) is 0 Å². The largest absolute Gasteiger partial charge is 0.135 e. The van der Waals surface area contributed by atoms with Crippen molar-refractivity contribution in [1.82, 2.24) is 0 Å². The van der Waals surface area contributed by atoms with Gasteiger partial charge in [-0.3, -0.25) is 0 Å². The van der Waals surface area contributed by atoms with Crippen LogP contribution in [0.5, 0.6) is 0 Å². The summed E-state index contributed by atoms with van der Waals surface area (Å²) in [5, 5.41) is 5.71. The molecule has 0 aliphatic carbocycles. The van der Waals surface area contributed by atoms with Gasteiger partial charge in [-0.1, -0.05) is 0 Å². The van der Waals surface area contributed by atoms with Crippen LogP contribution in [0.1, 0.15) is 0 Å². The van der Waals surface area contributed by atoms with Crippen LogP contribution >= 0.6 is 47.0 Å². The van der Waals surface area contributed by atoms with E-state index in [1.807, 2.05) is 23.5 Å². The lowest BCUT2D eigenvalue weighted by Gasteiger charge is -2.28. The van der Waals surface area contributed by atoms with Crippen LogP contribution < -0.4 is 0 Å². The van der Waals surface area contributed by atoms with Crippen molar-refractivity contribution >= 4 is 47.0 Å². The molecule has 0 unspecified atom stereocenters. The molecule has 0 aromatic carbocycles. The Kier molecular flexibility index (Phi) is 2.30. The van der Waals surface area contributed by atoms with E-state index >= 15 is 0 Å². The lowest BCUT2D eigenvalue weighted by atomic mass is 10.9. The molecule has 0 aromatic heterocycles. The molecule has 9 heavy (non-hydrogen) atoms. The molecule has 2 aliphatic heterocycles. The minimum Gasteiger partial charge on any atom is -0.135 e. The summed E-state index contributed by atoms with van der Waals surface area (Å²) in [7, 11) is 0. The van der Waals surface area contributed by atoms with E-state index in [9.17, 15) is 0 Å². The number of hydrogen-bond donors (Lipinski definition) is 0. The van der Waals surface area contributed by atoms with Crippen molar-refractivity contribution < 1.29 is 0 Å². The monoisotopic (exact) mass is 194 g/mol. The molecule has 0 atom stereocenters. The van der Waals surface area contributed by atoms with Gasteiger partial charge < -0.3 is 0 Å². The van der Waals surface area contributed by atoms with Crippen molar-refractivity contribution in [2.45, 2.75) is 9.16 Å². The maximum absolute atomic E-state index is 2.20. The first-order chi connectivity index (χ1) is 4.47. The van der Waals surface area contributed by atoms with Gasteiger partial charge in [-0.15, -0.1) is 47.0 Å². The van der Waals surface area contributed by atoms with Crippen molar-refractivity contribution in [3.05, 3.63) is 10.8 Å². The van der Waals surface area contributed by atoms with E-state index in [-0.39, 0.29) is 0 Å². The highest BCUT2D eigenvalue weighted by Crippen LogP contribution is 2.51. The van der Waals surface area contributed by atoms with E-state index in [1.54, 1.807) is 0 Å². The molecular formula is C5H6S4. The fraction of sp³-hybridized carbons (Fsp3) is 0.600. The van der Waals surface area contributed by atoms with Crippen LogP contribution in [0, 0.1) is 0 Å². The average molecular weight is 194 g/mol. The maximum Gasteiger partial charge on any atom is 0.0795 e. The summed E-state index contributed by atoms with van der Waals surface area (Å²) in [5.41, 5.74) is 0. The molecule has 0 radical (unpaired) electrons. The van der Waals surface area contributed by atoms with Gasteiger partial charge in [0.25, 0.3) is 0 Å². The lowest BCUT2D eigenvalue weighted by Crippen LogP contribution is -2.17.